The van der Waals surface area contributed by atoms with E-state index < -0.39 is 0 Å². The van der Waals surface area contributed by atoms with E-state index in [2.05, 4.69) is 5.32 Å². The van der Waals surface area contributed by atoms with Crippen molar-refractivity contribution in [2.45, 2.75) is 32.6 Å². The molecule has 2 aromatic carbocycles. The number of unbranched alkanes of at least 4 members (excludes halogenated alkanes) is 2. The standard InChI is InChI=1S/C24H26N2O4S2/c1-16-7-6-8-18(13-16)25-22(28)9-4-3-5-12-26-23(29)21(32-24(26)31)15-17-10-11-19(27)20(14-17)30-2/h6-8,10-11,13-15,27H,3-5,9,12H2,1-2H3,(H,25,28)/b21-15-. The van der Waals surface area contributed by atoms with Crippen molar-refractivity contribution in [1.29, 1.82) is 0 Å². The zero-order chi connectivity index (χ0) is 23.1. The van der Waals surface area contributed by atoms with Gasteiger partial charge in [0.05, 0.1) is 12.0 Å². The number of hydrogen-bond acceptors (Lipinski definition) is 6. The van der Waals surface area contributed by atoms with Gasteiger partial charge in [-0.2, -0.15) is 0 Å². The quantitative estimate of drug-likeness (QED) is 0.301. The molecule has 0 aliphatic carbocycles. The van der Waals surface area contributed by atoms with E-state index in [1.807, 2.05) is 31.2 Å². The topological polar surface area (TPSA) is 78.9 Å². The number of carbonyl (C=O) groups is 2. The molecule has 6 nitrogen and oxygen atoms in total. The maximum absolute atomic E-state index is 12.7. The first-order valence-corrected chi connectivity index (χ1v) is 11.6. The molecule has 0 radical (unpaired) electrons. The van der Waals surface area contributed by atoms with E-state index in [9.17, 15) is 14.7 Å². The smallest absolute Gasteiger partial charge is 0.266 e. The van der Waals surface area contributed by atoms with Crippen molar-refractivity contribution < 1.29 is 19.4 Å². The maximum atomic E-state index is 12.7. The van der Waals surface area contributed by atoms with Crippen LogP contribution in [0.15, 0.2) is 47.4 Å². The molecule has 0 atom stereocenters. The van der Waals surface area contributed by atoms with Crippen molar-refractivity contribution in [2.24, 2.45) is 0 Å². The minimum Gasteiger partial charge on any atom is -0.504 e. The number of hydrogen-bond donors (Lipinski definition) is 2. The van der Waals surface area contributed by atoms with Gasteiger partial charge in [0.2, 0.25) is 5.91 Å². The molecule has 168 valence electrons. The number of methoxy groups -OCH3 is 1. The Morgan fingerprint density at radius 2 is 2.03 bits per heavy atom. The van der Waals surface area contributed by atoms with Crippen molar-refractivity contribution in [3.63, 3.8) is 0 Å². The van der Waals surface area contributed by atoms with Crippen LogP contribution >= 0.6 is 24.0 Å². The van der Waals surface area contributed by atoms with E-state index in [0.29, 0.717) is 27.9 Å². The van der Waals surface area contributed by atoms with Gasteiger partial charge in [0, 0.05) is 18.7 Å². The lowest BCUT2D eigenvalue weighted by Crippen LogP contribution is -2.29. The molecule has 1 aliphatic rings. The second-order valence-corrected chi connectivity index (χ2v) is 9.17. The molecular weight excluding hydrogens is 444 g/mol. The molecule has 1 saturated heterocycles. The third kappa shape index (κ3) is 6.34. The normalized spacial score (nSPS) is 14.8. The minimum atomic E-state index is -0.121. The largest absolute Gasteiger partial charge is 0.504 e. The number of anilines is 1. The molecule has 3 rings (SSSR count). The first-order chi connectivity index (χ1) is 15.4. The van der Waals surface area contributed by atoms with Gasteiger partial charge in [0.15, 0.2) is 11.5 Å². The highest BCUT2D eigenvalue weighted by Gasteiger charge is 2.31. The number of amides is 2. The Kier molecular flexibility index (Phi) is 8.30. The number of benzene rings is 2. The van der Waals surface area contributed by atoms with Crippen molar-refractivity contribution in [3.05, 3.63) is 58.5 Å². The molecular formula is C24H26N2O4S2. The number of carbonyl (C=O) groups excluding carboxylic acids is 2. The molecule has 0 aromatic heterocycles. The van der Waals surface area contributed by atoms with Gasteiger partial charge < -0.3 is 15.2 Å². The van der Waals surface area contributed by atoms with Gasteiger partial charge in [-0.1, -0.05) is 48.6 Å². The molecule has 0 saturated carbocycles. The van der Waals surface area contributed by atoms with Crippen LogP contribution in [0.4, 0.5) is 5.69 Å². The molecule has 8 heteroatoms. The number of thioether (sulfide) groups is 1. The van der Waals surface area contributed by atoms with Crippen LogP contribution in [0, 0.1) is 6.92 Å². The van der Waals surface area contributed by atoms with E-state index in [-0.39, 0.29) is 17.6 Å². The Labute approximate surface area is 197 Å². The van der Waals surface area contributed by atoms with Crippen LogP contribution < -0.4 is 10.1 Å². The number of phenolic OH excluding ortho intramolecular Hbond substituents is 1. The van der Waals surface area contributed by atoms with Crippen LogP contribution in [0.5, 0.6) is 11.5 Å². The highest BCUT2D eigenvalue weighted by atomic mass is 32.2. The average molecular weight is 471 g/mol. The molecule has 0 bridgehead atoms. The maximum Gasteiger partial charge on any atom is 0.266 e. The zero-order valence-electron chi connectivity index (χ0n) is 18.1. The van der Waals surface area contributed by atoms with Crippen molar-refractivity contribution in [3.8, 4) is 11.5 Å². The van der Waals surface area contributed by atoms with E-state index in [1.54, 1.807) is 23.1 Å². The molecule has 2 N–H and O–H groups in total. The number of thiocarbonyl (C=S) groups is 1. The van der Waals surface area contributed by atoms with Gasteiger partial charge in [-0.25, -0.2) is 0 Å². The van der Waals surface area contributed by atoms with Crippen LogP contribution in [-0.2, 0) is 9.59 Å². The summed E-state index contributed by atoms with van der Waals surface area (Å²) in [7, 11) is 1.48. The Balaban J connectivity index is 1.45. The summed E-state index contributed by atoms with van der Waals surface area (Å²) in [6, 6.07) is 12.6. The van der Waals surface area contributed by atoms with Gasteiger partial charge >= 0.3 is 0 Å². The minimum absolute atomic E-state index is 0.00605. The SMILES string of the molecule is COc1cc(/C=C2\SC(=S)N(CCCCCC(=O)Nc3cccc(C)c3)C2=O)ccc1O. The fraction of sp³-hybridized carbons (Fsp3) is 0.292. The summed E-state index contributed by atoms with van der Waals surface area (Å²) in [5.41, 5.74) is 2.66. The fourth-order valence-corrected chi connectivity index (χ4v) is 4.62. The monoisotopic (exact) mass is 470 g/mol. The molecule has 1 aliphatic heterocycles. The number of nitrogens with one attached hydrogen (secondary N) is 1. The van der Waals surface area contributed by atoms with Crippen LogP contribution in [0.25, 0.3) is 6.08 Å². The summed E-state index contributed by atoms with van der Waals surface area (Å²) in [6.07, 6.45) is 4.53. The third-order valence-corrected chi connectivity index (χ3v) is 6.34. The van der Waals surface area contributed by atoms with Crippen LogP contribution in [0.3, 0.4) is 0 Å². The highest BCUT2D eigenvalue weighted by Crippen LogP contribution is 2.34. The van der Waals surface area contributed by atoms with Crippen molar-refractivity contribution >= 4 is 51.9 Å². The Bertz CT molecular complexity index is 1050. The van der Waals surface area contributed by atoms with E-state index >= 15 is 0 Å². The van der Waals surface area contributed by atoms with Crippen molar-refractivity contribution in [1.82, 2.24) is 4.90 Å². The molecule has 1 fully saturated rings. The molecule has 2 amide bonds. The Hall–Kier alpha value is -2.84. The van der Waals surface area contributed by atoms with E-state index in [4.69, 9.17) is 17.0 Å². The predicted molar refractivity (Wildman–Crippen MR) is 133 cm³/mol. The number of rotatable bonds is 9. The number of ether oxygens (including phenoxy) is 1. The molecule has 1 heterocycles. The summed E-state index contributed by atoms with van der Waals surface area (Å²) in [5.74, 6) is 0.267. The van der Waals surface area contributed by atoms with E-state index in [1.165, 1.54) is 24.9 Å². The summed E-state index contributed by atoms with van der Waals surface area (Å²) >= 11 is 6.65. The van der Waals surface area contributed by atoms with Gasteiger partial charge in [-0.3, -0.25) is 14.5 Å². The second-order valence-electron chi connectivity index (χ2n) is 7.49. The van der Waals surface area contributed by atoms with Gasteiger partial charge in [-0.05, 0) is 61.2 Å². The lowest BCUT2D eigenvalue weighted by atomic mass is 10.1. The third-order valence-electron chi connectivity index (χ3n) is 4.96. The number of phenols is 1. The second kappa shape index (κ2) is 11.2. The molecule has 0 spiro atoms. The highest BCUT2D eigenvalue weighted by molar-refractivity contribution is 8.26. The predicted octanol–water partition coefficient (Wildman–Crippen LogP) is 5.11. The van der Waals surface area contributed by atoms with Crippen LogP contribution in [0.2, 0.25) is 0 Å². The lowest BCUT2D eigenvalue weighted by molar-refractivity contribution is -0.122. The fourth-order valence-electron chi connectivity index (χ4n) is 3.31. The summed E-state index contributed by atoms with van der Waals surface area (Å²) in [6.45, 7) is 2.51. The lowest BCUT2D eigenvalue weighted by Gasteiger charge is -2.14. The molecule has 2 aromatic rings. The summed E-state index contributed by atoms with van der Waals surface area (Å²) in [4.78, 5) is 27.0. The number of aryl methyl sites for hydroxylation is 1. The number of nitrogens with zero attached hydrogens (tertiary/aromatic N) is 1. The van der Waals surface area contributed by atoms with Gasteiger partial charge in [0.1, 0.15) is 4.32 Å². The summed E-state index contributed by atoms with van der Waals surface area (Å²) < 4.78 is 5.65. The Morgan fingerprint density at radius 1 is 1.22 bits per heavy atom. The molecule has 32 heavy (non-hydrogen) atoms. The van der Waals surface area contributed by atoms with Crippen LogP contribution in [0.1, 0.15) is 36.8 Å². The van der Waals surface area contributed by atoms with Crippen LogP contribution in [-0.4, -0.2) is 39.8 Å². The zero-order valence-corrected chi connectivity index (χ0v) is 19.7. The first-order valence-electron chi connectivity index (χ1n) is 10.4. The first kappa shape index (κ1) is 23.8. The van der Waals surface area contributed by atoms with Gasteiger partial charge in [-0.15, -0.1) is 0 Å². The van der Waals surface area contributed by atoms with Crippen molar-refractivity contribution in [2.75, 3.05) is 19.0 Å². The average Bonchev–Trinajstić information content (AvgIpc) is 3.02. The summed E-state index contributed by atoms with van der Waals surface area (Å²) in [5, 5.41) is 12.6. The Morgan fingerprint density at radius 3 is 2.78 bits per heavy atom. The number of aromatic hydroxyl groups is 1. The van der Waals surface area contributed by atoms with Gasteiger partial charge in [0.25, 0.3) is 5.91 Å². The molecule has 0 unspecified atom stereocenters. The van der Waals surface area contributed by atoms with E-state index in [0.717, 1.165) is 36.1 Å².